The van der Waals surface area contributed by atoms with Gasteiger partial charge in [0.05, 0.1) is 5.41 Å². The monoisotopic (exact) mass is 291 g/mol. The molecule has 1 heterocycles. The molecular formula is C14H14FN3OS. The Hall–Kier alpha value is -1.82. The van der Waals surface area contributed by atoms with Crippen LogP contribution >= 0.6 is 11.3 Å². The third kappa shape index (κ3) is 2.20. The molecule has 1 amide bonds. The number of aryl methyl sites for hydroxylation is 1. The number of hydrogen-bond acceptors (Lipinski definition) is 4. The third-order valence-corrected chi connectivity index (χ3v) is 4.54. The van der Waals surface area contributed by atoms with Crippen molar-refractivity contribution in [1.82, 2.24) is 10.2 Å². The van der Waals surface area contributed by atoms with Gasteiger partial charge in [-0.2, -0.15) is 0 Å². The fourth-order valence-electron chi connectivity index (χ4n) is 2.51. The minimum atomic E-state index is -0.548. The Morgan fingerprint density at radius 1 is 1.30 bits per heavy atom. The maximum Gasteiger partial charge on any atom is 0.236 e. The van der Waals surface area contributed by atoms with E-state index in [1.807, 2.05) is 6.92 Å². The summed E-state index contributed by atoms with van der Waals surface area (Å²) in [7, 11) is 0. The number of carbonyl (C=O) groups is 1. The number of rotatable bonds is 3. The van der Waals surface area contributed by atoms with Gasteiger partial charge in [-0.1, -0.05) is 29.9 Å². The van der Waals surface area contributed by atoms with E-state index in [2.05, 4.69) is 15.5 Å². The highest BCUT2D eigenvalue weighted by Crippen LogP contribution is 2.44. The first-order valence-electron chi connectivity index (χ1n) is 6.48. The van der Waals surface area contributed by atoms with E-state index in [4.69, 9.17) is 0 Å². The molecule has 1 aromatic carbocycles. The predicted octanol–water partition coefficient (Wildman–Crippen LogP) is 3.05. The number of nitrogens with one attached hydrogen (secondary N) is 1. The van der Waals surface area contributed by atoms with Crippen LogP contribution in [-0.2, 0) is 10.2 Å². The van der Waals surface area contributed by atoms with E-state index in [-0.39, 0.29) is 11.7 Å². The van der Waals surface area contributed by atoms with Gasteiger partial charge in [0.2, 0.25) is 11.0 Å². The lowest BCUT2D eigenvalue weighted by Crippen LogP contribution is -2.46. The van der Waals surface area contributed by atoms with E-state index in [9.17, 15) is 9.18 Å². The maximum absolute atomic E-state index is 13.0. The molecule has 0 spiro atoms. The Labute approximate surface area is 120 Å². The van der Waals surface area contributed by atoms with Crippen molar-refractivity contribution in [2.45, 2.75) is 31.6 Å². The predicted molar refractivity (Wildman–Crippen MR) is 75.2 cm³/mol. The zero-order valence-electron chi connectivity index (χ0n) is 11.0. The highest BCUT2D eigenvalue weighted by atomic mass is 32.1. The van der Waals surface area contributed by atoms with Gasteiger partial charge in [-0.05, 0) is 37.5 Å². The van der Waals surface area contributed by atoms with E-state index in [0.29, 0.717) is 5.13 Å². The fourth-order valence-corrected chi connectivity index (χ4v) is 3.10. The van der Waals surface area contributed by atoms with Gasteiger partial charge in [-0.15, -0.1) is 10.2 Å². The Balaban J connectivity index is 1.85. The van der Waals surface area contributed by atoms with Crippen LogP contribution in [0.1, 0.15) is 29.8 Å². The summed E-state index contributed by atoms with van der Waals surface area (Å²) in [6.07, 6.45) is 2.56. The molecule has 4 nitrogen and oxygen atoms in total. The normalized spacial score (nSPS) is 16.5. The van der Waals surface area contributed by atoms with Crippen LogP contribution < -0.4 is 5.32 Å². The molecular weight excluding hydrogens is 277 g/mol. The minimum Gasteiger partial charge on any atom is -0.300 e. The molecule has 1 aliphatic carbocycles. The lowest BCUT2D eigenvalue weighted by atomic mass is 9.64. The summed E-state index contributed by atoms with van der Waals surface area (Å²) >= 11 is 1.35. The van der Waals surface area contributed by atoms with E-state index in [0.717, 1.165) is 29.8 Å². The second-order valence-electron chi connectivity index (χ2n) is 5.02. The largest absolute Gasteiger partial charge is 0.300 e. The fraction of sp³-hybridized carbons (Fsp3) is 0.357. The third-order valence-electron chi connectivity index (χ3n) is 3.79. The van der Waals surface area contributed by atoms with Crippen molar-refractivity contribution in [3.63, 3.8) is 0 Å². The molecule has 0 aliphatic heterocycles. The molecule has 20 heavy (non-hydrogen) atoms. The minimum absolute atomic E-state index is 0.0773. The van der Waals surface area contributed by atoms with Gasteiger partial charge < -0.3 is 0 Å². The number of halogens is 1. The van der Waals surface area contributed by atoms with Gasteiger partial charge in [-0.3, -0.25) is 10.1 Å². The van der Waals surface area contributed by atoms with Gasteiger partial charge in [0.1, 0.15) is 10.8 Å². The van der Waals surface area contributed by atoms with Crippen LogP contribution in [-0.4, -0.2) is 16.1 Å². The van der Waals surface area contributed by atoms with Crippen molar-refractivity contribution in [3.8, 4) is 0 Å². The summed E-state index contributed by atoms with van der Waals surface area (Å²) in [6, 6.07) is 6.19. The number of aromatic nitrogens is 2. The van der Waals surface area contributed by atoms with Crippen molar-refractivity contribution < 1.29 is 9.18 Å². The molecule has 1 saturated carbocycles. The van der Waals surface area contributed by atoms with Crippen LogP contribution in [0.3, 0.4) is 0 Å². The Kier molecular flexibility index (Phi) is 3.25. The van der Waals surface area contributed by atoms with Gasteiger partial charge in [0, 0.05) is 0 Å². The molecule has 6 heteroatoms. The number of benzene rings is 1. The Morgan fingerprint density at radius 2 is 2.00 bits per heavy atom. The van der Waals surface area contributed by atoms with E-state index < -0.39 is 5.41 Å². The zero-order chi connectivity index (χ0) is 14.2. The molecule has 1 fully saturated rings. The molecule has 0 bridgehead atoms. The average molecular weight is 291 g/mol. The first-order valence-corrected chi connectivity index (χ1v) is 7.29. The Bertz CT molecular complexity index is 634. The van der Waals surface area contributed by atoms with Crippen molar-refractivity contribution in [2.75, 3.05) is 5.32 Å². The van der Waals surface area contributed by atoms with Crippen LogP contribution in [0, 0.1) is 12.7 Å². The first-order chi connectivity index (χ1) is 9.60. The van der Waals surface area contributed by atoms with Gasteiger partial charge in [0.15, 0.2) is 0 Å². The van der Waals surface area contributed by atoms with Crippen LogP contribution in [0.5, 0.6) is 0 Å². The van der Waals surface area contributed by atoms with Gasteiger partial charge in [0.25, 0.3) is 0 Å². The molecule has 0 radical (unpaired) electrons. The van der Waals surface area contributed by atoms with E-state index >= 15 is 0 Å². The van der Waals surface area contributed by atoms with E-state index in [1.165, 1.54) is 23.5 Å². The number of anilines is 1. The number of hydrogen-bond donors (Lipinski definition) is 1. The lowest BCUT2D eigenvalue weighted by Gasteiger charge is -2.40. The molecule has 0 saturated heterocycles. The highest BCUT2D eigenvalue weighted by molar-refractivity contribution is 7.15. The zero-order valence-corrected chi connectivity index (χ0v) is 11.8. The molecule has 1 N–H and O–H groups in total. The van der Waals surface area contributed by atoms with Gasteiger partial charge >= 0.3 is 0 Å². The highest BCUT2D eigenvalue weighted by Gasteiger charge is 2.45. The summed E-state index contributed by atoms with van der Waals surface area (Å²) < 4.78 is 13.0. The first kappa shape index (κ1) is 13.2. The average Bonchev–Trinajstić information content (AvgIpc) is 2.76. The Morgan fingerprint density at radius 3 is 2.50 bits per heavy atom. The summed E-state index contributed by atoms with van der Waals surface area (Å²) in [5, 5.41) is 12.0. The second-order valence-corrected chi connectivity index (χ2v) is 6.20. The molecule has 2 aromatic rings. The molecule has 0 unspecified atom stereocenters. The summed E-state index contributed by atoms with van der Waals surface area (Å²) in [5.41, 5.74) is 0.316. The second kappa shape index (κ2) is 4.94. The summed E-state index contributed by atoms with van der Waals surface area (Å²) in [4.78, 5) is 12.5. The standard InChI is InChI=1S/C14H14FN3OS/c1-9-17-18-13(20-9)16-12(19)14(7-2-8-14)10-3-5-11(15)6-4-10/h3-6H,2,7-8H2,1H3,(H,16,18,19). The summed E-state index contributed by atoms with van der Waals surface area (Å²) in [6.45, 7) is 1.84. The van der Waals surface area contributed by atoms with Crippen LogP contribution in [0.2, 0.25) is 0 Å². The van der Waals surface area contributed by atoms with Crippen molar-refractivity contribution in [2.24, 2.45) is 0 Å². The van der Waals surface area contributed by atoms with Gasteiger partial charge in [-0.25, -0.2) is 4.39 Å². The smallest absolute Gasteiger partial charge is 0.236 e. The maximum atomic E-state index is 13.0. The van der Waals surface area contributed by atoms with Crippen LogP contribution in [0.25, 0.3) is 0 Å². The molecule has 104 valence electrons. The quantitative estimate of drug-likeness (QED) is 0.945. The van der Waals surface area contributed by atoms with Crippen molar-refractivity contribution in [1.29, 1.82) is 0 Å². The van der Waals surface area contributed by atoms with Crippen molar-refractivity contribution >= 4 is 22.4 Å². The lowest BCUT2D eigenvalue weighted by molar-refractivity contribution is -0.124. The number of nitrogens with zero attached hydrogens (tertiary/aromatic N) is 2. The number of carbonyl (C=O) groups excluding carboxylic acids is 1. The summed E-state index contributed by atoms with van der Waals surface area (Å²) in [5.74, 6) is -0.366. The van der Waals surface area contributed by atoms with Crippen molar-refractivity contribution in [3.05, 3.63) is 40.7 Å². The van der Waals surface area contributed by atoms with E-state index in [1.54, 1.807) is 12.1 Å². The topological polar surface area (TPSA) is 54.9 Å². The molecule has 1 aliphatic rings. The molecule has 1 aromatic heterocycles. The molecule has 3 rings (SSSR count). The SMILES string of the molecule is Cc1nnc(NC(=O)C2(c3ccc(F)cc3)CCC2)s1. The molecule has 0 atom stereocenters. The van der Waals surface area contributed by atoms with Crippen LogP contribution in [0.4, 0.5) is 9.52 Å². The van der Waals surface area contributed by atoms with Crippen LogP contribution in [0.15, 0.2) is 24.3 Å². The number of amides is 1.